The van der Waals surface area contributed by atoms with Crippen LogP contribution in [0.3, 0.4) is 0 Å². The predicted octanol–water partition coefficient (Wildman–Crippen LogP) is 9.21. The number of halogens is 3. The molecule has 0 fully saturated rings. The largest absolute Gasteiger partial charge is 0.493 e. The van der Waals surface area contributed by atoms with Gasteiger partial charge in [0.1, 0.15) is 17.9 Å². The summed E-state index contributed by atoms with van der Waals surface area (Å²) in [4.78, 5) is 4.60. The molecular weight excluding hydrogens is 594 g/mol. The highest BCUT2D eigenvalue weighted by Gasteiger charge is 2.43. The number of ether oxygens (including phenoxy) is 2. The summed E-state index contributed by atoms with van der Waals surface area (Å²) in [6.07, 6.45) is -2.77. The summed E-state index contributed by atoms with van der Waals surface area (Å²) in [5, 5.41) is 0. The van der Waals surface area contributed by atoms with E-state index in [4.69, 9.17) is 23.0 Å². The van der Waals surface area contributed by atoms with Crippen LogP contribution in [0, 0.1) is 13.8 Å². The van der Waals surface area contributed by atoms with Crippen molar-refractivity contribution in [1.82, 2.24) is 0 Å². The SMILES string of the molecule is CC1=NC(CCc2ccc(OCCCc3ccc(C)c(C)c3)c(C(F)(F)F)c2)(COP(=O)(OC(C)(C)C)OC(C)(C)C)CO1. The van der Waals surface area contributed by atoms with Crippen LogP contribution in [0.15, 0.2) is 41.4 Å². The molecule has 11 heteroatoms. The number of hydrogen-bond acceptors (Lipinski definition) is 7. The summed E-state index contributed by atoms with van der Waals surface area (Å²) in [6, 6.07) is 10.3. The molecule has 7 nitrogen and oxygen atoms in total. The van der Waals surface area contributed by atoms with Gasteiger partial charge in [-0.05, 0) is 115 Å². The minimum absolute atomic E-state index is 0.123. The third kappa shape index (κ3) is 11.2. The quantitative estimate of drug-likeness (QED) is 0.160. The van der Waals surface area contributed by atoms with Gasteiger partial charge in [0, 0.05) is 6.92 Å². The molecule has 1 atom stereocenters. The van der Waals surface area contributed by atoms with Crippen LogP contribution in [0.1, 0.15) is 89.1 Å². The zero-order chi connectivity index (χ0) is 33.0. The second-order valence-corrected chi connectivity index (χ2v) is 15.0. The van der Waals surface area contributed by atoms with Gasteiger partial charge >= 0.3 is 14.0 Å². The minimum Gasteiger partial charge on any atom is -0.493 e. The van der Waals surface area contributed by atoms with Gasteiger partial charge in [-0.1, -0.05) is 24.3 Å². The molecule has 0 saturated heterocycles. The lowest BCUT2D eigenvalue weighted by atomic mass is 9.93. The van der Waals surface area contributed by atoms with E-state index in [1.54, 1.807) is 54.5 Å². The molecule has 0 radical (unpaired) electrons. The van der Waals surface area contributed by atoms with E-state index < -0.39 is 36.3 Å². The number of rotatable bonds is 13. The first-order valence-corrected chi connectivity index (χ1v) is 16.4. The number of alkyl halides is 3. The van der Waals surface area contributed by atoms with Gasteiger partial charge in [-0.2, -0.15) is 13.2 Å². The molecule has 1 aliphatic heterocycles. The lowest BCUT2D eigenvalue weighted by Gasteiger charge is -2.33. The number of aryl methyl sites for hydroxylation is 4. The van der Waals surface area contributed by atoms with Gasteiger partial charge in [0.2, 0.25) is 0 Å². The third-order valence-electron chi connectivity index (χ3n) is 6.87. The van der Waals surface area contributed by atoms with Gasteiger partial charge in [-0.25, -0.2) is 9.56 Å². The zero-order valence-electron chi connectivity index (χ0n) is 27.4. The fraction of sp³-hybridized carbons (Fsp3) is 0.606. The molecule has 3 rings (SSSR count). The van der Waals surface area contributed by atoms with E-state index in [9.17, 15) is 17.7 Å². The van der Waals surface area contributed by atoms with Crippen molar-refractivity contribution < 1.29 is 40.8 Å². The maximum absolute atomic E-state index is 14.1. The molecule has 0 aromatic heterocycles. The van der Waals surface area contributed by atoms with Crippen LogP contribution in [-0.2, 0) is 41.9 Å². The molecule has 44 heavy (non-hydrogen) atoms. The topological polar surface area (TPSA) is 75.6 Å². The molecule has 0 aliphatic carbocycles. The summed E-state index contributed by atoms with van der Waals surface area (Å²) in [5.74, 6) is 0.217. The van der Waals surface area contributed by atoms with Crippen LogP contribution >= 0.6 is 7.82 Å². The first-order valence-electron chi connectivity index (χ1n) is 14.9. The molecule has 0 N–H and O–H groups in total. The van der Waals surface area contributed by atoms with Crippen molar-refractivity contribution in [2.75, 3.05) is 19.8 Å². The lowest BCUT2D eigenvalue weighted by Crippen LogP contribution is -2.36. The molecule has 0 bridgehead atoms. The molecule has 0 spiro atoms. The summed E-state index contributed by atoms with van der Waals surface area (Å²) < 4.78 is 84.3. The molecule has 246 valence electrons. The standard InChI is InChI=1S/C33H47F3NO6P/c1-23-12-13-26(19-24(23)2)11-10-18-39-29-15-14-27(20-28(29)33(34,35)36)16-17-32(21-40-25(3)37-32)22-41-44(38,42-30(4,5)6)43-31(7,8)9/h12-15,19-20H,10-11,16-18,21-22H2,1-9H3. The summed E-state index contributed by atoms with van der Waals surface area (Å²) >= 11 is 0. The monoisotopic (exact) mass is 641 g/mol. The van der Waals surface area contributed by atoms with Crippen LogP contribution in [0.25, 0.3) is 0 Å². The highest BCUT2D eigenvalue weighted by atomic mass is 31.2. The van der Waals surface area contributed by atoms with Gasteiger partial charge in [0.05, 0.1) is 30.0 Å². The van der Waals surface area contributed by atoms with Crippen molar-refractivity contribution in [2.24, 2.45) is 4.99 Å². The minimum atomic E-state index is -4.59. The number of hydrogen-bond donors (Lipinski definition) is 0. The smallest absolute Gasteiger partial charge is 0.475 e. The van der Waals surface area contributed by atoms with Crippen molar-refractivity contribution in [2.45, 2.75) is 111 Å². The Morgan fingerprint density at radius 2 is 1.50 bits per heavy atom. The Hall–Kier alpha value is -2.39. The Kier molecular flexibility index (Phi) is 11.4. The Labute approximate surface area is 260 Å². The second kappa shape index (κ2) is 13.9. The van der Waals surface area contributed by atoms with Crippen LogP contribution in [0.2, 0.25) is 0 Å². The van der Waals surface area contributed by atoms with E-state index in [2.05, 4.69) is 11.1 Å². The van der Waals surface area contributed by atoms with Gasteiger partial charge < -0.3 is 9.47 Å². The van der Waals surface area contributed by atoms with Gasteiger partial charge in [0.15, 0.2) is 5.90 Å². The number of benzene rings is 2. The number of aliphatic imine (C=N–C) groups is 1. The fourth-order valence-electron chi connectivity index (χ4n) is 4.73. The van der Waals surface area contributed by atoms with Crippen LogP contribution < -0.4 is 4.74 Å². The number of phosphoric acid groups is 1. The van der Waals surface area contributed by atoms with Crippen LogP contribution in [0.4, 0.5) is 13.2 Å². The van der Waals surface area contributed by atoms with Crippen LogP contribution in [-0.4, -0.2) is 42.5 Å². The van der Waals surface area contributed by atoms with Gasteiger partial charge in [0.25, 0.3) is 0 Å². The van der Waals surface area contributed by atoms with E-state index in [1.807, 2.05) is 26.0 Å². The summed E-state index contributed by atoms with van der Waals surface area (Å²) in [6.45, 7) is 16.3. The highest BCUT2D eigenvalue weighted by Crippen LogP contribution is 2.56. The average molecular weight is 642 g/mol. The Morgan fingerprint density at radius 1 is 0.886 bits per heavy atom. The van der Waals surface area contributed by atoms with E-state index in [-0.39, 0.29) is 38.4 Å². The predicted molar refractivity (Wildman–Crippen MR) is 167 cm³/mol. The molecule has 1 aliphatic rings. The lowest BCUT2D eigenvalue weighted by molar-refractivity contribution is -0.139. The van der Waals surface area contributed by atoms with Crippen LogP contribution in [0.5, 0.6) is 5.75 Å². The van der Waals surface area contributed by atoms with E-state index >= 15 is 0 Å². The average Bonchev–Trinajstić information content (AvgIpc) is 3.25. The molecular formula is C33H47F3NO6P. The zero-order valence-corrected chi connectivity index (χ0v) is 28.3. The summed E-state index contributed by atoms with van der Waals surface area (Å²) in [7, 11) is -4.04. The fourth-order valence-corrected chi connectivity index (χ4v) is 6.61. The summed E-state index contributed by atoms with van der Waals surface area (Å²) in [5.41, 5.74) is 0.514. The first-order chi connectivity index (χ1) is 20.2. The third-order valence-corrected chi connectivity index (χ3v) is 8.86. The molecule has 0 amide bonds. The normalized spacial score (nSPS) is 17.9. The Bertz CT molecular complexity index is 1340. The number of phosphoric ester groups is 1. The van der Waals surface area contributed by atoms with Gasteiger partial charge in [-0.3, -0.25) is 13.6 Å². The molecule has 0 saturated carbocycles. The maximum atomic E-state index is 14.1. The maximum Gasteiger partial charge on any atom is 0.475 e. The molecule has 2 aromatic carbocycles. The first kappa shape index (κ1) is 36.1. The Morgan fingerprint density at radius 3 is 2.05 bits per heavy atom. The van der Waals surface area contributed by atoms with Gasteiger partial charge in [-0.15, -0.1) is 0 Å². The molecule has 2 aromatic rings. The van der Waals surface area contributed by atoms with E-state index in [1.165, 1.54) is 17.2 Å². The highest BCUT2D eigenvalue weighted by molar-refractivity contribution is 7.48. The van der Waals surface area contributed by atoms with Crippen molar-refractivity contribution in [3.8, 4) is 5.75 Å². The van der Waals surface area contributed by atoms with Crippen molar-refractivity contribution in [1.29, 1.82) is 0 Å². The number of nitrogens with zero attached hydrogens (tertiary/aromatic N) is 1. The molecule has 1 unspecified atom stereocenters. The second-order valence-electron chi connectivity index (χ2n) is 13.5. The van der Waals surface area contributed by atoms with E-state index in [0.717, 1.165) is 11.6 Å². The van der Waals surface area contributed by atoms with Crippen molar-refractivity contribution in [3.63, 3.8) is 0 Å². The molecule has 1 heterocycles. The Balaban J connectivity index is 1.71. The van der Waals surface area contributed by atoms with E-state index in [0.29, 0.717) is 24.3 Å². The van der Waals surface area contributed by atoms with Crippen molar-refractivity contribution in [3.05, 3.63) is 64.2 Å². The van der Waals surface area contributed by atoms with Crippen molar-refractivity contribution >= 4 is 13.7 Å².